The van der Waals surface area contributed by atoms with Crippen molar-refractivity contribution in [3.05, 3.63) is 10.4 Å². The van der Waals surface area contributed by atoms with Crippen molar-refractivity contribution in [2.75, 3.05) is 5.73 Å². The molecule has 0 aliphatic rings. The smallest absolute Gasteiger partial charge is 0.293 e. The Hall–Kier alpha value is -0.510. The molecule has 0 spiro atoms. The summed E-state index contributed by atoms with van der Waals surface area (Å²) in [7, 11) is 0. The Labute approximate surface area is 55.0 Å². The van der Waals surface area contributed by atoms with Crippen molar-refractivity contribution in [1.29, 1.82) is 0 Å². The summed E-state index contributed by atoms with van der Waals surface area (Å²) in [4.78, 5) is 3.74. The van der Waals surface area contributed by atoms with E-state index in [4.69, 9.17) is 10.2 Å². The van der Waals surface area contributed by atoms with Crippen molar-refractivity contribution in [2.45, 2.75) is 6.92 Å². The number of nitrogens with two attached hydrogens (primary N) is 1. The molecular formula is C4H5BrN2O. The number of nitrogens with zero attached hydrogens (tertiary/aromatic N) is 1. The van der Waals surface area contributed by atoms with Crippen LogP contribution in [0.1, 0.15) is 5.76 Å². The third-order valence-corrected chi connectivity index (χ3v) is 1.49. The van der Waals surface area contributed by atoms with Crippen LogP contribution in [0.15, 0.2) is 9.02 Å². The van der Waals surface area contributed by atoms with Crippen LogP contribution in [-0.4, -0.2) is 4.98 Å². The minimum Gasteiger partial charge on any atom is -0.428 e. The molecule has 0 amide bonds. The maximum atomic E-state index is 5.17. The second-order valence-corrected chi connectivity index (χ2v) is 2.15. The predicted molar refractivity (Wildman–Crippen MR) is 33.4 cm³/mol. The van der Waals surface area contributed by atoms with Crippen molar-refractivity contribution in [2.24, 2.45) is 0 Å². The average molecular weight is 177 g/mol. The summed E-state index contributed by atoms with van der Waals surface area (Å²) in [6, 6.07) is 0.203. The monoisotopic (exact) mass is 176 g/mol. The first kappa shape index (κ1) is 5.62. The zero-order valence-corrected chi connectivity index (χ0v) is 5.90. The van der Waals surface area contributed by atoms with Crippen LogP contribution < -0.4 is 5.73 Å². The van der Waals surface area contributed by atoms with Gasteiger partial charge in [-0.2, -0.15) is 4.98 Å². The van der Waals surface area contributed by atoms with Gasteiger partial charge in [0.1, 0.15) is 10.4 Å². The summed E-state index contributed by atoms with van der Waals surface area (Å²) >= 11 is 3.13. The Balaban J connectivity index is 3.14. The number of aryl methyl sites for hydroxylation is 1. The Bertz CT molecular complexity index is 176. The van der Waals surface area contributed by atoms with E-state index in [2.05, 4.69) is 20.9 Å². The molecule has 0 unspecified atom stereocenters. The van der Waals surface area contributed by atoms with Crippen molar-refractivity contribution in [1.82, 2.24) is 4.98 Å². The summed E-state index contributed by atoms with van der Waals surface area (Å²) in [5, 5.41) is 0. The van der Waals surface area contributed by atoms with Gasteiger partial charge in [0.2, 0.25) is 0 Å². The van der Waals surface area contributed by atoms with Crippen LogP contribution in [0.25, 0.3) is 0 Å². The highest BCUT2D eigenvalue weighted by Crippen LogP contribution is 2.16. The Kier molecular flexibility index (Phi) is 1.25. The van der Waals surface area contributed by atoms with Gasteiger partial charge in [-0.05, 0) is 22.9 Å². The molecule has 0 radical (unpaired) electrons. The van der Waals surface area contributed by atoms with Gasteiger partial charge in [-0.15, -0.1) is 0 Å². The molecule has 0 fully saturated rings. The lowest BCUT2D eigenvalue weighted by Gasteiger charge is -1.75. The highest BCUT2D eigenvalue weighted by atomic mass is 79.9. The average Bonchev–Trinajstić information content (AvgIpc) is 1.85. The minimum absolute atomic E-state index is 0.203. The van der Waals surface area contributed by atoms with Crippen molar-refractivity contribution in [3.63, 3.8) is 0 Å². The molecular weight excluding hydrogens is 172 g/mol. The van der Waals surface area contributed by atoms with E-state index in [1.165, 1.54) is 0 Å². The number of nitrogen functional groups attached to an aromatic ring is 1. The standard InChI is InChI=1S/C4H5BrN2O/c1-2-3(5)7-4(6)8-2/h1H3,(H2,6,7). The maximum Gasteiger partial charge on any atom is 0.293 e. The molecule has 0 bridgehead atoms. The molecule has 2 N–H and O–H groups in total. The maximum absolute atomic E-state index is 5.17. The lowest BCUT2D eigenvalue weighted by molar-refractivity contribution is 0.546. The molecule has 1 heterocycles. The fourth-order valence-electron chi connectivity index (χ4n) is 0.397. The van der Waals surface area contributed by atoms with Gasteiger partial charge in [0.05, 0.1) is 0 Å². The first-order valence-corrected chi connectivity index (χ1v) is 2.88. The molecule has 44 valence electrons. The van der Waals surface area contributed by atoms with Gasteiger partial charge >= 0.3 is 0 Å². The molecule has 0 atom stereocenters. The number of aromatic nitrogens is 1. The summed E-state index contributed by atoms with van der Waals surface area (Å²) in [6.07, 6.45) is 0. The van der Waals surface area contributed by atoms with Gasteiger partial charge in [-0.1, -0.05) is 0 Å². The van der Waals surface area contributed by atoms with Crippen LogP contribution >= 0.6 is 15.9 Å². The molecule has 0 saturated heterocycles. The Morgan fingerprint density at radius 1 is 1.75 bits per heavy atom. The summed E-state index contributed by atoms with van der Waals surface area (Å²) in [6.45, 7) is 1.79. The van der Waals surface area contributed by atoms with E-state index in [0.717, 1.165) is 0 Å². The first-order chi connectivity index (χ1) is 3.70. The molecule has 4 heteroatoms. The van der Waals surface area contributed by atoms with Crippen LogP contribution in [-0.2, 0) is 0 Å². The van der Waals surface area contributed by atoms with E-state index in [1.807, 2.05) is 0 Å². The quantitative estimate of drug-likeness (QED) is 0.650. The zero-order valence-electron chi connectivity index (χ0n) is 4.31. The van der Waals surface area contributed by atoms with E-state index in [-0.39, 0.29) is 6.01 Å². The van der Waals surface area contributed by atoms with Crippen LogP contribution in [0.2, 0.25) is 0 Å². The van der Waals surface area contributed by atoms with Crippen LogP contribution in [0, 0.1) is 6.92 Å². The molecule has 0 aliphatic carbocycles. The van der Waals surface area contributed by atoms with Gasteiger partial charge < -0.3 is 10.2 Å². The lowest BCUT2D eigenvalue weighted by atomic mass is 10.6. The topological polar surface area (TPSA) is 52.0 Å². The molecule has 1 aromatic heterocycles. The van der Waals surface area contributed by atoms with Crippen molar-refractivity contribution in [3.8, 4) is 0 Å². The van der Waals surface area contributed by atoms with Gasteiger partial charge in [-0.25, -0.2) is 0 Å². The van der Waals surface area contributed by atoms with E-state index in [1.54, 1.807) is 6.92 Å². The summed E-state index contributed by atoms with van der Waals surface area (Å²) in [5.74, 6) is 0.711. The van der Waals surface area contributed by atoms with Gasteiger partial charge in [0.15, 0.2) is 0 Å². The summed E-state index contributed by atoms with van der Waals surface area (Å²) < 4.78 is 5.51. The van der Waals surface area contributed by atoms with Gasteiger partial charge in [-0.3, -0.25) is 0 Å². The van der Waals surface area contributed by atoms with Crippen LogP contribution in [0.5, 0.6) is 0 Å². The van der Waals surface area contributed by atoms with Crippen LogP contribution in [0.4, 0.5) is 6.01 Å². The van der Waals surface area contributed by atoms with Gasteiger partial charge in [0, 0.05) is 0 Å². The molecule has 1 rings (SSSR count). The van der Waals surface area contributed by atoms with E-state index in [9.17, 15) is 0 Å². The fourth-order valence-corrected chi connectivity index (χ4v) is 0.653. The van der Waals surface area contributed by atoms with E-state index in [0.29, 0.717) is 10.4 Å². The molecule has 0 aromatic carbocycles. The SMILES string of the molecule is Cc1oc(N)nc1Br. The molecule has 3 nitrogen and oxygen atoms in total. The number of hydrogen-bond acceptors (Lipinski definition) is 3. The zero-order chi connectivity index (χ0) is 6.15. The minimum atomic E-state index is 0.203. The molecule has 0 aliphatic heterocycles. The fraction of sp³-hybridized carbons (Fsp3) is 0.250. The van der Waals surface area contributed by atoms with Crippen molar-refractivity contribution < 1.29 is 4.42 Å². The number of rotatable bonds is 0. The number of hydrogen-bond donors (Lipinski definition) is 1. The van der Waals surface area contributed by atoms with Crippen LogP contribution in [0.3, 0.4) is 0 Å². The predicted octanol–water partition coefficient (Wildman–Crippen LogP) is 1.33. The molecule has 8 heavy (non-hydrogen) atoms. The Morgan fingerprint density at radius 3 is 2.50 bits per heavy atom. The molecule has 0 saturated carbocycles. The lowest BCUT2D eigenvalue weighted by Crippen LogP contribution is -1.80. The molecule has 1 aromatic rings. The highest BCUT2D eigenvalue weighted by molar-refractivity contribution is 9.10. The number of oxazole rings is 1. The van der Waals surface area contributed by atoms with Gasteiger partial charge in [0.25, 0.3) is 6.01 Å². The van der Waals surface area contributed by atoms with E-state index < -0.39 is 0 Å². The normalized spacial score (nSPS) is 9.75. The summed E-state index contributed by atoms with van der Waals surface area (Å²) in [5.41, 5.74) is 5.17. The third-order valence-electron chi connectivity index (χ3n) is 0.757. The largest absolute Gasteiger partial charge is 0.428 e. The first-order valence-electron chi connectivity index (χ1n) is 2.08. The number of anilines is 1. The van der Waals surface area contributed by atoms with E-state index >= 15 is 0 Å². The second-order valence-electron chi connectivity index (χ2n) is 1.40. The second kappa shape index (κ2) is 1.78. The highest BCUT2D eigenvalue weighted by Gasteiger charge is 2.00. The van der Waals surface area contributed by atoms with Crippen molar-refractivity contribution >= 4 is 21.9 Å². The number of halogens is 1. The Morgan fingerprint density at radius 2 is 2.38 bits per heavy atom. The third kappa shape index (κ3) is 0.838.